The minimum atomic E-state index is -3.28. The van der Waals surface area contributed by atoms with E-state index in [0.717, 1.165) is 32.1 Å². The maximum atomic E-state index is 12.8. The van der Waals surface area contributed by atoms with Crippen LogP contribution < -0.4 is 0 Å². The lowest BCUT2D eigenvalue weighted by Gasteiger charge is -2.46. The molecule has 0 amide bonds. The Hall–Kier alpha value is -1.36. The Bertz CT molecular complexity index is 743. The largest absolute Gasteiger partial charge is 0.462 e. The molecule has 0 saturated heterocycles. The average molecular weight is 379 g/mol. The van der Waals surface area contributed by atoms with Crippen LogP contribution in [0.4, 0.5) is 0 Å². The van der Waals surface area contributed by atoms with E-state index < -0.39 is 9.84 Å². The molecule has 0 N–H and O–H groups in total. The Morgan fingerprint density at radius 3 is 2.58 bits per heavy atom. The summed E-state index contributed by atoms with van der Waals surface area (Å²) in [5.74, 6) is 0.771. The SMILES string of the molecule is CC(=O)O[C@H]1CCC[C@]2(C)[C@@H]([C@H](C)CS(=O)(=O)c3ccccc3)CC[C@@H]12. The van der Waals surface area contributed by atoms with Gasteiger partial charge in [-0.1, -0.05) is 32.0 Å². The van der Waals surface area contributed by atoms with Gasteiger partial charge >= 0.3 is 5.97 Å². The second-order valence-corrected chi connectivity index (χ2v) is 10.4. The molecule has 26 heavy (non-hydrogen) atoms. The van der Waals surface area contributed by atoms with Crippen LogP contribution in [-0.2, 0) is 19.4 Å². The maximum Gasteiger partial charge on any atom is 0.302 e. The fourth-order valence-corrected chi connectivity index (χ4v) is 7.32. The molecule has 0 heterocycles. The highest BCUT2D eigenvalue weighted by molar-refractivity contribution is 7.91. The second kappa shape index (κ2) is 7.34. The summed E-state index contributed by atoms with van der Waals surface area (Å²) in [6.45, 7) is 5.85. The number of rotatable bonds is 5. The van der Waals surface area contributed by atoms with E-state index in [9.17, 15) is 13.2 Å². The molecule has 2 fully saturated rings. The Morgan fingerprint density at radius 1 is 1.23 bits per heavy atom. The van der Waals surface area contributed by atoms with Crippen molar-refractivity contribution in [2.24, 2.45) is 23.2 Å². The van der Waals surface area contributed by atoms with Gasteiger partial charge in [-0.3, -0.25) is 4.79 Å². The average Bonchev–Trinajstić information content (AvgIpc) is 2.93. The molecule has 0 aliphatic heterocycles. The number of fused-ring (bicyclic) bond motifs is 1. The predicted octanol–water partition coefficient (Wildman–Crippen LogP) is 4.24. The van der Waals surface area contributed by atoms with E-state index in [1.807, 2.05) is 6.07 Å². The minimum absolute atomic E-state index is 0.00539. The third kappa shape index (κ3) is 3.68. The van der Waals surface area contributed by atoms with E-state index in [0.29, 0.717) is 16.7 Å². The second-order valence-electron chi connectivity index (χ2n) is 8.41. The van der Waals surface area contributed by atoms with Crippen LogP contribution in [0.2, 0.25) is 0 Å². The van der Waals surface area contributed by atoms with Gasteiger partial charge < -0.3 is 4.74 Å². The van der Waals surface area contributed by atoms with Gasteiger partial charge in [-0.2, -0.15) is 0 Å². The van der Waals surface area contributed by atoms with Crippen LogP contribution in [0.5, 0.6) is 0 Å². The highest BCUT2D eigenvalue weighted by atomic mass is 32.2. The van der Waals surface area contributed by atoms with E-state index in [1.165, 1.54) is 6.92 Å². The number of carbonyl (C=O) groups excluding carboxylic acids is 1. The van der Waals surface area contributed by atoms with E-state index in [-0.39, 0.29) is 29.2 Å². The van der Waals surface area contributed by atoms with Crippen LogP contribution in [0, 0.1) is 23.2 Å². The summed E-state index contributed by atoms with van der Waals surface area (Å²) in [7, 11) is -3.28. The molecule has 1 aromatic rings. The third-order valence-electron chi connectivity index (χ3n) is 6.72. The number of ether oxygens (including phenoxy) is 1. The molecule has 1 aromatic carbocycles. The normalized spacial score (nSPS) is 32.7. The molecule has 3 rings (SSSR count). The zero-order valence-electron chi connectivity index (χ0n) is 16.0. The van der Waals surface area contributed by atoms with Crippen LogP contribution in [0.15, 0.2) is 35.2 Å². The van der Waals surface area contributed by atoms with Gasteiger partial charge in [0.2, 0.25) is 0 Å². The Morgan fingerprint density at radius 2 is 1.92 bits per heavy atom. The van der Waals surface area contributed by atoms with E-state index in [1.54, 1.807) is 24.3 Å². The molecule has 5 atom stereocenters. The van der Waals surface area contributed by atoms with Crippen LogP contribution >= 0.6 is 0 Å². The highest BCUT2D eigenvalue weighted by Crippen LogP contribution is 2.58. The van der Waals surface area contributed by atoms with Crippen molar-refractivity contribution in [1.82, 2.24) is 0 Å². The molecule has 0 aromatic heterocycles. The monoisotopic (exact) mass is 378 g/mol. The Kier molecular flexibility index (Phi) is 5.48. The summed E-state index contributed by atoms with van der Waals surface area (Å²) in [5, 5.41) is 0. The van der Waals surface area contributed by atoms with Crippen LogP contribution in [-0.4, -0.2) is 26.2 Å². The van der Waals surface area contributed by atoms with Gasteiger partial charge in [-0.15, -0.1) is 0 Å². The fourth-order valence-electron chi connectivity index (χ4n) is 5.64. The summed E-state index contributed by atoms with van der Waals surface area (Å²) < 4.78 is 31.2. The van der Waals surface area contributed by atoms with Gasteiger partial charge in [0.1, 0.15) is 6.10 Å². The molecule has 2 saturated carbocycles. The number of esters is 1. The molecule has 144 valence electrons. The fraction of sp³-hybridized carbons (Fsp3) is 0.667. The Balaban J connectivity index is 1.76. The predicted molar refractivity (Wildman–Crippen MR) is 101 cm³/mol. The number of sulfone groups is 1. The van der Waals surface area contributed by atoms with Gasteiger partial charge in [0.15, 0.2) is 9.84 Å². The summed E-state index contributed by atoms with van der Waals surface area (Å²) in [6, 6.07) is 8.74. The number of hydrogen-bond donors (Lipinski definition) is 0. The molecule has 0 spiro atoms. The van der Waals surface area contributed by atoms with Crippen molar-refractivity contribution in [3.8, 4) is 0 Å². The number of hydrogen-bond acceptors (Lipinski definition) is 4. The summed E-state index contributed by atoms with van der Waals surface area (Å²) >= 11 is 0. The van der Waals surface area contributed by atoms with Crippen molar-refractivity contribution in [2.45, 2.75) is 63.9 Å². The minimum Gasteiger partial charge on any atom is -0.462 e. The Labute approximate surface area is 157 Å². The summed E-state index contributed by atoms with van der Waals surface area (Å²) in [6.07, 6.45) is 5.10. The lowest BCUT2D eigenvalue weighted by molar-refractivity contribution is -0.155. The number of benzene rings is 1. The van der Waals surface area contributed by atoms with Crippen molar-refractivity contribution in [1.29, 1.82) is 0 Å². The van der Waals surface area contributed by atoms with Crippen LogP contribution in [0.3, 0.4) is 0 Å². The first kappa shape index (κ1) is 19.4. The quantitative estimate of drug-likeness (QED) is 0.719. The summed E-state index contributed by atoms with van der Waals surface area (Å²) in [5.41, 5.74) is 0.0595. The van der Waals surface area contributed by atoms with Gasteiger partial charge in [-0.25, -0.2) is 8.42 Å². The third-order valence-corrected chi connectivity index (χ3v) is 8.68. The van der Waals surface area contributed by atoms with Gasteiger partial charge in [0.05, 0.1) is 10.6 Å². The van der Waals surface area contributed by atoms with E-state index >= 15 is 0 Å². The molecular formula is C21H30O4S. The molecule has 4 nitrogen and oxygen atoms in total. The van der Waals surface area contributed by atoms with Crippen molar-refractivity contribution in [2.75, 3.05) is 5.75 Å². The van der Waals surface area contributed by atoms with Crippen LogP contribution in [0.25, 0.3) is 0 Å². The van der Waals surface area contributed by atoms with Gasteiger partial charge in [0.25, 0.3) is 0 Å². The van der Waals surface area contributed by atoms with Crippen molar-refractivity contribution >= 4 is 15.8 Å². The molecular weight excluding hydrogens is 348 g/mol. The smallest absolute Gasteiger partial charge is 0.302 e. The number of carbonyl (C=O) groups is 1. The zero-order valence-corrected chi connectivity index (χ0v) is 16.8. The molecule has 0 radical (unpaired) electrons. The molecule has 2 aliphatic carbocycles. The highest BCUT2D eigenvalue weighted by Gasteiger charge is 2.53. The van der Waals surface area contributed by atoms with Crippen molar-refractivity contribution in [3.63, 3.8) is 0 Å². The van der Waals surface area contributed by atoms with Crippen LogP contribution in [0.1, 0.15) is 52.9 Å². The first-order chi connectivity index (χ1) is 12.2. The van der Waals surface area contributed by atoms with Crippen molar-refractivity contribution in [3.05, 3.63) is 30.3 Å². The summed E-state index contributed by atoms with van der Waals surface area (Å²) in [4.78, 5) is 11.9. The lowest BCUT2D eigenvalue weighted by Crippen LogP contribution is -2.43. The lowest BCUT2D eigenvalue weighted by atomic mass is 9.62. The first-order valence-corrected chi connectivity index (χ1v) is 11.3. The first-order valence-electron chi connectivity index (χ1n) is 9.69. The van der Waals surface area contributed by atoms with Gasteiger partial charge in [0, 0.05) is 12.8 Å². The molecule has 0 unspecified atom stereocenters. The van der Waals surface area contributed by atoms with Crippen molar-refractivity contribution < 1.29 is 17.9 Å². The molecule has 0 bridgehead atoms. The topological polar surface area (TPSA) is 60.4 Å². The van der Waals surface area contributed by atoms with Gasteiger partial charge in [-0.05, 0) is 61.5 Å². The molecule has 5 heteroatoms. The molecule has 2 aliphatic rings. The standard InChI is InChI=1S/C21H30O4S/c1-15(14-26(23,24)17-8-5-4-6-9-17)18-11-12-19-20(25-16(2)22)10-7-13-21(18,19)3/h4-6,8-9,15,18-20H,7,10-14H2,1-3H3/t15-,18-,19+,20+,21-/m1/s1. The maximum absolute atomic E-state index is 12.8. The zero-order chi connectivity index (χ0) is 18.9. The van der Waals surface area contributed by atoms with E-state index in [2.05, 4.69) is 13.8 Å². The van der Waals surface area contributed by atoms with E-state index in [4.69, 9.17) is 4.74 Å².